The number of benzene rings is 1. The van der Waals surface area contributed by atoms with Crippen LogP contribution in [0.3, 0.4) is 0 Å². The van der Waals surface area contributed by atoms with E-state index in [1.807, 2.05) is 7.05 Å². The molecule has 0 amide bonds. The van der Waals surface area contributed by atoms with Crippen molar-refractivity contribution in [1.29, 1.82) is 0 Å². The number of nitrogens with one attached hydrogen (secondary N) is 2. The van der Waals surface area contributed by atoms with Gasteiger partial charge in [-0.1, -0.05) is 29.8 Å². The average Bonchev–Trinajstić information content (AvgIpc) is 2.85. The molecule has 11 nitrogen and oxygen atoms in total. The third-order valence-electron chi connectivity index (χ3n) is 4.87. The second-order valence-electron chi connectivity index (χ2n) is 7.39. The highest BCUT2D eigenvalue weighted by atomic mass is 35.5. The third-order valence-corrected chi connectivity index (χ3v) is 5.22. The Morgan fingerprint density at radius 3 is 2.22 bits per heavy atom. The summed E-state index contributed by atoms with van der Waals surface area (Å²) in [7, 11) is 3.13. The van der Waals surface area contributed by atoms with E-state index in [4.69, 9.17) is 36.0 Å². The van der Waals surface area contributed by atoms with Gasteiger partial charge >= 0.3 is 23.9 Å². The van der Waals surface area contributed by atoms with Crippen LogP contribution in [-0.4, -0.2) is 74.6 Å². The number of dihydropyridines is 1. The Morgan fingerprint density at radius 1 is 1.08 bits per heavy atom. The van der Waals surface area contributed by atoms with E-state index in [9.17, 15) is 19.2 Å². The van der Waals surface area contributed by atoms with Crippen LogP contribution in [0.25, 0.3) is 0 Å². The number of likely N-dealkylation sites (N-methyl/N-ethyl adjacent to an activating group) is 1. The lowest BCUT2D eigenvalue weighted by atomic mass is 9.80. The highest BCUT2D eigenvalue weighted by molar-refractivity contribution is 6.31. The first kappa shape index (κ1) is 31.4. The summed E-state index contributed by atoms with van der Waals surface area (Å²) in [5.74, 6) is -4.33. The molecule has 37 heavy (non-hydrogen) atoms. The molecule has 0 fully saturated rings. The van der Waals surface area contributed by atoms with Gasteiger partial charge in [0, 0.05) is 29.4 Å². The number of allylic oxidation sites excluding steroid dienone is 1. The Labute approximate surface area is 219 Å². The van der Waals surface area contributed by atoms with E-state index in [0.29, 0.717) is 52.9 Å². The number of esters is 2. The van der Waals surface area contributed by atoms with Gasteiger partial charge in [0.2, 0.25) is 0 Å². The van der Waals surface area contributed by atoms with Crippen LogP contribution < -0.4 is 10.6 Å². The van der Waals surface area contributed by atoms with Gasteiger partial charge < -0.3 is 35.1 Å². The number of carbonyl (C=O) groups excluding carboxylic acids is 2. The zero-order valence-electron chi connectivity index (χ0n) is 21.0. The Balaban J connectivity index is 0.000000738. The van der Waals surface area contributed by atoms with Crippen molar-refractivity contribution in [3.05, 3.63) is 69.5 Å². The van der Waals surface area contributed by atoms with Gasteiger partial charge in [-0.15, -0.1) is 0 Å². The minimum absolute atomic E-state index is 0.155. The Hall–Kier alpha value is -3.67. The second kappa shape index (κ2) is 16.1. The fourth-order valence-electron chi connectivity index (χ4n) is 3.35. The lowest BCUT2D eigenvalue weighted by molar-refractivity contribution is -0.139. The number of hydrogen-bond donors (Lipinski definition) is 4. The van der Waals surface area contributed by atoms with Crippen molar-refractivity contribution in [3.8, 4) is 0 Å². The van der Waals surface area contributed by atoms with Gasteiger partial charge in [0.25, 0.3) is 0 Å². The molecule has 0 spiro atoms. The molecule has 1 unspecified atom stereocenters. The Kier molecular flexibility index (Phi) is 13.7. The Morgan fingerprint density at radius 2 is 1.70 bits per heavy atom. The van der Waals surface area contributed by atoms with E-state index in [-0.39, 0.29) is 18.8 Å². The average molecular weight is 539 g/mol. The number of hydrogen-bond acceptors (Lipinski definition) is 9. The minimum Gasteiger partial charge on any atom is -0.478 e. The molecule has 1 heterocycles. The standard InChI is InChI=1S/C21H27ClN2O5.C4H4O4/c1-5-29-21(26)19-16(12-28-11-10-23-3)24-13(2)17(20(25)27-4)18(19)14-8-6-7-9-15(14)22;5-3(6)1-2-4(7)8/h6-9,18,23-24H,5,10-12H2,1-4H3;1-2H,(H,5,6)(H,7,8)/b;2-1-. The van der Waals surface area contributed by atoms with Gasteiger partial charge in [-0.25, -0.2) is 19.2 Å². The lowest BCUT2D eigenvalue weighted by Crippen LogP contribution is -2.35. The molecule has 2 rings (SSSR count). The predicted octanol–water partition coefficient (Wildman–Crippen LogP) is 2.24. The first-order valence-corrected chi connectivity index (χ1v) is 11.5. The van der Waals surface area contributed by atoms with Crippen molar-refractivity contribution in [3.63, 3.8) is 0 Å². The van der Waals surface area contributed by atoms with Crippen molar-refractivity contribution in [1.82, 2.24) is 10.6 Å². The highest BCUT2D eigenvalue weighted by Gasteiger charge is 2.39. The molecule has 0 aromatic heterocycles. The number of aliphatic carboxylic acids is 2. The molecule has 0 radical (unpaired) electrons. The van der Waals surface area contributed by atoms with Crippen LogP contribution in [0.4, 0.5) is 0 Å². The number of carboxylic acids is 2. The summed E-state index contributed by atoms with van der Waals surface area (Å²) < 4.78 is 16.0. The molecule has 202 valence electrons. The number of ether oxygens (including phenoxy) is 3. The summed E-state index contributed by atoms with van der Waals surface area (Å²) in [5, 5.41) is 22.2. The van der Waals surface area contributed by atoms with Gasteiger partial charge in [0.15, 0.2) is 0 Å². The molecular formula is C25H31ClN2O9. The molecule has 1 aliphatic heterocycles. The van der Waals surface area contributed by atoms with Crippen molar-refractivity contribution in [2.24, 2.45) is 0 Å². The van der Waals surface area contributed by atoms with E-state index in [1.165, 1.54) is 7.11 Å². The van der Waals surface area contributed by atoms with E-state index < -0.39 is 29.8 Å². The van der Waals surface area contributed by atoms with E-state index >= 15 is 0 Å². The zero-order valence-corrected chi connectivity index (χ0v) is 21.8. The zero-order chi connectivity index (χ0) is 28.0. The summed E-state index contributed by atoms with van der Waals surface area (Å²) in [6.07, 6.45) is 1.12. The first-order valence-electron chi connectivity index (χ1n) is 11.2. The molecule has 12 heteroatoms. The molecule has 0 bridgehead atoms. The van der Waals surface area contributed by atoms with Crippen LogP contribution in [0.1, 0.15) is 25.3 Å². The first-order chi connectivity index (χ1) is 17.6. The van der Waals surface area contributed by atoms with Crippen molar-refractivity contribution >= 4 is 35.5 Å². The van der Waals surface area contributed by atoms with Crippen LogP contribution in [0.5, 0.6) is 0 Å². The third kappa shape index (κ3) is 9.71. The van der Waals surface area contributed by atoms with E-state index in [1.54, 1.807) is 38.1 Å². The minimum atomic E-state index is -1.26. The van der Waals surface area contributed by atoms with E-state index in [2.05, 4.69) is 10.6 Å². The summed E-state index contributed by atoms with van der Waals surface area (Å²) in [5.41, 5.74) is 2.32. The maximum atomic E-state index is 12.9. The molecule has 0 saturated heterocycles. The summed E-state index contributed by atoms with van der Waals surface area (Å²) in [6.45, 7) is 4.96. The number of carbonyl (C=O) groups is 4. The number of methoxy groups -OCH3 is 1. The summed E-state index contributed by atoms with van der Waals surface area (Å²) in [4.78, 5) is 44.7. The molecule has 1 aliphatic rings. The lowest BCUT2D eigenvalue weighted by Gasteiger charge is -2.31. The maximum Gasteiger partial charge on any atom is 0.336 e. The van der Waals surface area contributed by atoms with Crippen LogP contribution in [0.2, 0.25) is 5.02 Å². The van der Waals surface area contributed by atoms with Crippen molar-refractivity contribution in [2.45, 2.75) is 19.8 Å². The van der Waals surface area contributed by atoms with Crippen LogP contribution in [-0.2, 0) is 33.4 Å². The Bertz CT molecular complexity index is 1060. The van der Waals surface area contributed by atoms with Gasteiger partial charge in [0.1, 0.15) is 0 Å². The SMILES string of the molecule is CCOC(=O)C1=C(COCCNC)NC(C)=C(C(=O)OC)C1c1ccccc1Cl.O=C(O)/C=C\C(=O)O. The predicted molar refractivity (Wildman–Crippen MR) is 135 cm³/mol. The summed E-state index contributed by atoms with van der Waals surface area (Å²) >= 11 is 6.45. The second-order valence-corrected chi connectivity index (χ2v) is 7.80. The van der Waals surface area contributed by atoms with Gasteiger partial charge in [-0.3, -0.25) is 0 Å². The smallest absolute Gasteiger partial charge is 0.336 e. The normalized spacial score (nSPS) is 15.0. The topological polar surface area (TPSA) is 160 Å². The number of halogens is 1. The quantitative estimate of drug-likeness (QED) is 0.186. The van der Waals surface area contributed by atoms with Crippen molar-refractivity contribution in [2.75, 3.05) is 40.5 Å². The molecule has 1 aromatic carbocycles. The molecule has 0 saturated carbocycles. The largest absolute Gasteiger partial charge is 0.478 e. The van der Waals surface area contributed by atoms with Crippen LogP contribution in [0, 0.1) is 0 Å². The van der Waals surface area contributed by atoms with Gasteiger partial charge in [-0.05, 0) is 32.5 Å². The van der Waals surface area contributed by atoms with Gasteiger partial charge in [-0.2, -0.15) is 0 Å². The van der Waals surface area contributed by atoms with Crippen LogP contribution >= 0.6 is 11.6 Å². The number of carboxylic acid groups (broad SMARTS) is 2. The molecule has 4 N–H and O–H groups in total. The van der Waals surface area contributed by atoms with Gasteiger partial charge in [0.05, 0.1) is 49.7 Å². The fraction of sp³-hybridized carbons (Fsp3) is 0.360. The summed E-state index contributed by atoms with van der Waals surface area (Å²) in [6, 6.07) is 7.10. The highest BCUT2D eigenvalue weighted by Crippen LogP contribution is 2.41. The maximum absolute atomic E-state index is 12.9. The van der Waals surface area contributed by atoms with E-state index in [0.717, 1.165) is 0 Å². The molecule has 1 atom stereocenters. The number of rotatable bonds is 11. The molecule has 0 aliphatic carbocycles. The molecule has 1 aromatic rings. The van der Waals surface area contributed by atoms with Crippen molar-refractivity contribution < 1.29 is 43.6 Å². The van der Waals surface area contributed by atoms with Crippen LogP contribution in [0.15, 0.2) is 59.0 Å². The molecular weight excluding hydrogens is 508 g/mol. The monoisotopic (exact) mass is 538 g/mol. The fourth-order valence-corrected chi connectivity index (χ4v) is 3.60.